The maximum absolute atomic E-state index is 13.1. The number of H-pyrrole nitrogens is 1. The van der Waals surface area contributed by atoms with Gasteiger partial charge in [0.1, 0.15) is 0 Å². The number of carbonyl (C=O) groups is 1. The van der Waals surface area contributed by atoms with Gasteiger partial charge < -0.3 is 14.4 Å². The molecule has 1 saturated carbocycles. The normalized spacial score (nSPS) is 20.6. The molecule has 0 bridgehead atoms. The van der Waals surface area contributed by atoms with Crippen molar-refractivity contribution < 1.29 is 9.32 Å². The number of hydrogen-bond acceptors (Lipinski definition) is 5. The monoisotopic (exact) mass is 382 g/mol. The second-order valence-corrected chi connectivity index (χ2v) is 8.40. The zero-order valence-electron chi connectivity index (χ0n) is 16.1. The molecule has 1 amide bonds. The third-order valence-corrected chi connectivity index (χ3v) is 6.63. The summed E-state index contributed by atoms with van der Waals surface area (Å²) in [6.45, 7) is 1.32. The highest BCUT2D eigenvalue weighted by molar-refractivity contribution is 5.96. The maximum Gasteiger partial charge on any atom is 0.254 e. The number of amides is 1. The van der Waals surface area contributed by atoms with Crippen LogP contribution in [0, 0.1) is 0 Å². The number of aryl methyl sites for hydroxylation is 1. The molecule has 2 aliphatic carbocycles. The summed E-state index contributed by atoms with van der Waals surface area (Å²) in [4.78, 5) is 34.6. The highest BCUT2D eigenvalue weighted by atomic mass is 16.5. The number of aromatic amines is 1. The molecule has 2 aromatic rings. The van der Waals surface area contributed by atoms with Gasteiger partial charge >= 0.3 is 0 Å². The predicted molar refractivity (Wildman–Crippen MR) is 102 cm³/mol. The molecule has 1 saturated heterocycles. The van der Waals surface area contributed by atoms with Crippen LogP contribution in [0.3, 0.4) is 0 Å². The van der Waals surface area contributed by atoms with Crippen molar-refractivity contribution in [1.82, 2.24) is 20.0 Å². The number of fused-ring (bicyclic) bond motifs is 1. The predicted octanol–water partition coefficient (Wildman–Crippen LogP) is 2.92. The molecule has 2 fully saturated rings. The molecule has 3 aliphatic rings. The van der Waals surface area contributed by atoms with E-state index in [1.165, 1.54) is 12.5 Å². The Hall–Kier alpha value is -2.44. The quantitative estimate of drug-likeness (QED) is 0.881. The molecule has 7 nitrogen and oxygen atoms in total. The van der Waals surface area contributed by atoms with Crippen molar-refractivity contribution in [2.24, 2.45) is 0 Å². The Labute approximate surface area is 163 Å². The molecular formula is C21H26N4O3. The van der Waals surface area contributed by atoms with Crippen molar-refractivity contribution in [2.45, 2.75) is 69.6 Å². The molecule has 148 valence electrons. The zero-order valence-corrected chi connectivity index (χ0v) is 16.1. The summed E-state index contributed by atoms with van der Waals surface area (Å²) in [6, 6.07) is 1.49. The number of nitrogens with zero attached hydrogens (tertiary/aromatic N) is 3. The Bertz CT molecular complexity index is 935. The van der Waals surface area contributed by atoms with Crippen LogP contribution in [0.25, 0.3) is 0 Å². The zero-order chi connectivity index (χ0) is 19.1. The van der Waals surface area contributed by atoms with Crippen molar-refractivity contribution in [1.29, 1.82) is 0 Å². The van der Waals surface area contributed by atoms with E-state index >= 15 is 0 Å². The number of rotatable bonds is 3. The van der Waals surface area contributed by atoms with Crippen LogP contribution in [0.1, 0.15) is 90.1 Å². The molecule has 5 rings (SSSR count). The fourth-order valence-electron chi connectivity index (χ4n) is 4.68. The number of carbonyl (C=O) groups excluding carboxylic acids is 1. The van der Waals surface area contributed by atoms with Gasteiger partial charge in [-0.05, 0) is 56.9 Å². The maximum atomic E-state index is 13.1. The van der Waals surface area contributed by atoms with Gasteiger partial charge in [-0.3, -0.25) is 9.59 Å². The lowest BCUT2D eigenvalue weighted by atomic mass is 9.85. The van der Waals surface area contributed by atoms with E-state index < -0.39 is 0 Å². The Balaban J connectivity index is 1.28. The lowest BCUT2D eigenvalue weighted by Crippen LogP contribution is -2.39. The van der Waals surface area contributed by atoms with Gasteiger partial charge in [0, 0.05) is 42.2 Å². The van der Waals surface area contributed by atoms with Crippen molar-refractivity contribution in [2.75, 3.05) is 13.1 Å². The van der Waals surface area contributed by atoms with Gasteiger partial charge in [-0.2, -0.15) is 4.98 Å². The minimum atomic E-state index is -0.173. The van der Waals surface area contributed by atoms with E-state index in [9.17, 15) is 9.59 Å². The van der Waals surface area contributed by atoms with Crippen molar-refractivity contribution in [3.8, 4) is 0 Å². The molecule has 0 unspecified atom stereocenters. The SMILES string of the molecule is O=C(c1cc(=O)[nH]c2c1CCCC2)N1CCC(c2nc(C3CCC3)no2)CC1. The average molecular weight is 382 g/mol. The van der Waals surface area contributed by atoms with Crippen LogP contribution in [0.15, 0.2) is 15.4 Å². The van der Waals surface area contributed by atoms with Gasteiger partial charge in [0.25, 0.3) is 5.91 Å². The summed E-state index contributed by atoms with van der Waals surface area (Å²) in [7, 11) is 0. The van der Waals surface area contributed by atoms with E-state index in [-0.39, 0.29) is 17.4 Å². The van der Waals surface area contributed by atoms with E-state index in [1.54, 1.807) is 0 Å². The Kier molecular flexibility index (Phi) is 4.53. The van der Waals surface area contributed by atoms with Crippen LogP contribution in [0.4, 0.5) is 0 Å². The van der Waals surface area contributed by atoms with Crippen LogP contribution in [-0.2, 0) is 12.8 Å². The topological polar surface area (TPSA) is 92.1 Å². The summed E-state index contributed by atoms with van der Waals surface area (Å²) < 4.78 is 5.52. The molecule has 0 radical (unpaired) electrons. The van der Waals surface area contributed by atoms with Gasteiger partial charge in [0.05, 0.1) is 0 Å². The van der Waals surface area contributed by atoms with Gasteiger partial charge in [-0.15, -0.1) is 0 Å². The minimum Gasteiger partial charge on any atom is -0.339 e. The number of likely N-dealkylation sites (tertiary alicyclic amines) is 1. The lowest BCUT2D eigenvalue weighted by molar-refractivity contribution is 0.0702. The molecule has 3 heterocycles. The van der Waals surface area contributed by atoms with E-state index in [4.69, 9.17) is 4.52 Å². The lowest BCUT2D eigenvalue weighted by Gasteiger charge is -2.31. The first-order valence-corrected chi connectivity index (χ1v) is 10.6. The van der Waals surface area contributed by atoms with Crippen LogP contribution < -0.4 is 5.56 Å². The van der Waals surface area contributed by atoms with Crippen LogP contribution in [0.2, 0.25) is 0 Å². The Morgan fingerprint density at radius 3 is 2.61 bits per heavy atom. The van der Waals surface area contributed by atoms with E-state index in [0.29, 0.717) is 24.6 Å². The fourth-order valence-corrected chi connectivity index (χ4v) is 4.68. The summed E-state index contributed by atoms with van der Waals surface area (Å²) in [5.41, 5.74) is 2.42. The van der Waals surface area contributed by atoms with Crippen molar-refractivity contribution >= 4 is 5.91 Å². The number of nitrogens with one attached hydrogen (secondary N) is 1. The highest BCUT2D eigenvalue weighted by Gasteiger charge is 2.31. The van der Waals surface area contributed by atoms with Crippen molar-refractivity contribution in [3.63, 3.8) is 0 Å². The molecule has 7 heteroatoms. The summed E-state index contributed by atoms with van der Waals surface area (Å²) in [5, 5.41) is 4.17. The molecule has 0 atom stereocenters. The first kappa shape index (κ1) is 17.6. The largest absolute Gasteiger partial charge is 0.339 e. The van der Waals surface area contributed by atoms with Gasteiger partial charge in [-0.25, -0.2) is 0 Å². The van der Waals surface area contributed by atoms with Gasteiger partial charge in [0.2, 0.25) is 11.4 Å². The number of pyridine rings is 1. The number of hydrogen-bond donors (Lipinski definition) is 1. The summed E-state index contributed by atoms with van der Waals surface area (Å²) >= 11 is 0. The number of piperidine rings is 1. The van der Waals surface area contributed by atoms with Gasteiger partial charge in [-0.1, -0.05) is 11.6 Å². The smallest absolute Gasteiger partial charge is 0.254 e. The second-order valence-electron chi connectivity index (χ2n) is 8.40. The van der Waals surface area contributed by atoms with E-state index in [2.05, 4.69) is 15.1 Å². The highest BCUT2D eigenvalue weighted by Crippen LogP contribution is 2.36. The summed E-state index contributed by atoms with van der Waals surface area (Å²) in [6.07, 6.45) is 9.08. The van der Waals surface area contributed by atoms with Gasteiger partial charge in [0.15, 0.2) is 5.82 Å². The molecule has 28 heavy (non-hydrogen) atoms. The van der Waals surface area contributed by atoms with E-state index in [0.717, 1.165) is 74.3 Å². The van der Waals surface area contributed by atoms with Crippen LogP contribution in [-0.4, -0.2) is 39.0 Å². The Morgan fingerprint density at radius 2 is 1.86 bits per heavy atom. The van der Waals surface area contributed by atoms with Crippen LogP contribution >= 0.6 is 0 Å². The minimum absolute atomic E-state index is 0.0108. The third kappa shape index (κ3) is 3.16. The summed E-state index contributed by atoms with van der Waals surface area (Å²) in [5.74, 6) is 2.26. The average Bonchev–Trinajstić information content (AvgIpc) is 3.15. The third-order valence-electron chi connectivity index (χ3n) is 6.63. The molecule has 1 N–H and O–H groups in total. The standard InChI is InChI=1S/C21H26N4O3/c26-18-12-16(15-6-1-2-7-17(15)22-18)21(27)25-10-8-14(9-11-25)20-23-19(24-28-20)13-4-3-5-13/h12-14H,1-11H2,(H,22,26). The molecule has 0 aromatic carbocycles. The number of aromatic nitrogens is 3. The first-order valence-electron chi connectivity index (χ1n) is 10.6. The van der Waals surface area contributed by atoms with Crippen molar-refractivity contribution in [3.05, 3.63) is 45.0 Å². The molecule has 0 spiro atoms. The molecule has 2 aromatic heterocycles. The molecular weight excluding hydrogens is 356 g/mol. The Morgan fingerprint density at radius 1 is 1.07 bits per heavy atom. The fraction of sp³-hybridized carbons (Fsp3) is 0.619. The second kappa shape index (κ2) is 7.18. The molecule has 1 aliphatic heterocycles. The first-order chi connectivity index (χ1) is 13.7. The van der Waals surface area contributed by atoms with Crippen LogP contribution in [0.5, 0.6) is 0 Å². The van der Waals surface area contributed by atoms with E-state index in [1.807, 2.05) is 4.90 Å².